The Morgan fingerprint density at radius 3 is 2.06 bits per heavy atom. The largest absolute Gasteiger partial charge is 0.395 e. The van der Waals surface area contributed by atoms with Crippen LogP contribution in [0.2, 0.25) is 0 Å². The van der Waals surface area contributed by atoms with Crippen molar-refractivity contribution >= 4 is 11.8 Å². The number of hydrogen-bond donors (Lipinski definition) is 1. The lowest BCUT2D eigenvalue weighted by Crippen LogP contribution is -2.00. The second-order valence-electron chi connectivity index (χ2n) is 3.88. The highest BCUT2D eigenvalue weighted by Gasteiger charge is 2.10. The van der Waals surface area contributed by atoms with Crippen LogP contribution in [0.15, 0.2) is 60.7 Å². The summed E-state index contributed by atoms with van der Waals surface area (Å²) in [5.74, 6) is 0.932. The lowest BCUT2D eigenvalue weighted by Gasteiger charge is -2.14. The van der Waals surface area contributed by atoms with E-state index in [-0.39, 0.29) is 11.9 Å². The first-order valence-corrected chi connectivity index (χ1v) is 6.76. The van der Waals surface area contributed by atoms with Crippen LogP contribution in [0.4, 0.5) is 0 Å². The van der Waals surface area contributed by atoms with E-state index in [2.05, 4.69) is 24.3 Å². The molecule has 2 rings (SSSR count). The highest BCUT2D eigenvalue weighted by molar-refractivity contribution is 7.98. The number of hydrogen-bond acceptors (Lipinski definition) is 2. The molecule has 0 saturated carbocycles. The number of benzene rings is 2. The zero-order chi connectivity index (χ0) is 11.9. The van der Waals surface area contributed by atoms with Gasteiger partial charge in [-0.2, -0.15) is 0 Å². The van der Waals surface area contributed by atoms with Crippen molar-refractivity contribution in [2.24, 2.45) is 0 Å². The quantitative estimate of drug-likeness (QED) is 0.866. The van der Waals surface area contributed by atoms with Crippen LogP contribution < -0.4 is 0 Å². The van der Waals surface area contributed by atoms with E-state index in [1.807, 2.05) is 36.4 Å². The lowest BCUT2D eigenvalue weighted by molar-refractivity contribution is 0.296. The Bertz CT molecular complexity index is 427. The van der Waals surface area contributed by atoms with Gasteiger partial charge in [0.1, 0.15) is 0 Å². The molecular weight excluding hydrogens is 228 g/mol. The number of thioether (sulfide) groups is 1. The zero-order valence-corrected chi connectivity index (χ0v) is 10.4. The number of aliphatic hydroxyl groups is 1. The zero-order valence-electron chi connectivity index (χ0n) is 9.62. The van der Waals surface area contributed by atoms with Crippen molar-refractivity contribution in [3.05, 3.63) is 71.8 Å². The normalized spacial score (nSPS) is 12.3. The van der Waals surface area contributed by atoms with Crippen LogP contribution in [0.25, 0.3) is 0 Å². The molecule has 0 spiro atoms. The SMILES string of the molecule is OCC(SCc1ccccc1)c1ccccc1. The average Bonchev–Trinajstić information content (AvgIpc) is 2.42. The van der Waals surface area contributed by atoms with Gasteiger partial charge in [-0.15, -0.1) is 11.8 Å². The maximum absolute atomic E-state index is 9.44. The van der Waals surface area contributed by atoms with E-state index in [1.54, 1.807) is 11.8 Å². The van der Waals surface area contributed by atoms with Gasteiger partial charge in [-0.05, 0) is 11.1 Å². The fourth-order valence-electron chi connectivity index (χ4n) is 1.69. The molecule has 88 valence electrons. The van der Waals surface area contributed by atoms with Crippen LogP contribution in [0.3, 0.4) is 0 Å². The van der Waals surface area contributed by atoms with Gasteiger partial charge in [-0.3, -0.25) is 0 Å². The van der Waals surface area contributed by atoms with Crippen molar-refractivity contribution in [1.29, 1.82) is 0 Å². The Morgan fingerprint density at radius 1 is 0.882 bits per heavy atom. The monoisotopic (exact) mass is 244 g/mol. The molecule has 0 radical (unpaired) electrons. The third kappa shape index (κ3) is 3.62. The summed E-state index contributed by atoms with van der Waals surface area (Å²) < 4.78 is 0. The maximum Gasteiger partial charge on any atom is 0.0591 e. The average molecular weight is 244 g/mol. The molecule has 0 heterocycles. The molecule has 2 aromatic rings. The summed E-state index contributed by atoms with van der Waals surface area (Å²) in [4.78, 5) is 0. The fraction of sp³-hybridized carbons (Fsp3) is 0.200. The van der Waals surface area contributed by atoms with Crippen molar-refractivity contribution in [1.82, 2.24) is 0 Å². The molecule has 2 aromatic carbocycles. The summed E-state index contributed by atoms with van der Waals surface area (Å²) in [5.41, 5.74) is 2.49. The third-order valence-electron chi connectivity index (χ3n) is 2.63. The fourth-order valence-corrected chi connectivity index (χ4v) is 2.73. The first kappa shape index (κ1) is 12.2. The minimum absolute atomic E-state index is 0.163. The summed E-state index contributed by atoms with van der Waals surface area (Å²) in [5, 5.41) is 9.60. The van der Waals surface area contributed by atoms with Gasteiger partial charge in [0.15, 0.2) is 0 Å². The molecule has 0 aliphatic carbocycles. The third-order valence-corrected chi connectivity index (χ3v) is 3.95. The van der Waals surface area contributed by atoms with E-state index in [1.165, 1.54) is 11.1 Å². The van der Waals surface area contributed by atoms with Crippen LogP contribution in [-0.2, 0) is 5.75 Å². The molecule has 1 unspecified atom stereocenters. The molecule has 1 nitrogen and oxygen atoms in total. The van der Waals surface area contributed by atoms with Crippen LogP contribution in [0.5, 0.6) is 0 Å². The molecule has 0 aromatic heterocycles. The van der Waals surface area contributed by atoms with Crippen LogP contribution >= 0.6 is 11.8 Å². The van der Waals surface area contributed by atoms with Crippen LogP contribution in [0.1, 0.15) is 16.4 Å². The second kappa shape index (κ2) is 6.48. The lowest BCUT2D eigenvalue weighted by atomic mass is 10.2. The Labute approximate surface area is 107 Å². The Hall–Kier alpha value is -1.25. The van der Waals surface area contributed by atoms with E-state index in [0.29, 0.717) is 0 Å². The summed E-state index contributed by atoms with van der Waals surface area (Å²) >= 11 is 1.78. The first-order chi connectivity index (χ1) is 8.40. The Balaban J connectivity index is 1.97. The van der Waals surface area contributed by atoms with Gasteiger partial charge in [0.05, 0.1) is 11.9 Å². The summed E-state index contributed by atoms with van der Waals surface area (Å²) in [6.45, 7) is 0.182. The minimum Gasteiger partial charge on any atom is -0.395 e. The van der Waals surface area contributed by atoms with E-state index >= 15 is 0 Å². The van der Waals surface area contributed by atoms with Crippen molar-refractivity contribution in [3.8, 4) is 0 Å². The Morgan fingerprint density at radius 2 is 1.47 bits per heavy atom. The number of rotatable bonds is 5. The first-order valence-electron chi connectivity index (χ1n) is 5.71. The molecule has 0 saturated heterocycles. The van der Waals surface area contributed by atoms with Gasteiger partial charge < -0.3 is 5.11 Å². The highest BCUT2D eigenvalue weighted by Crippen LogP contribution is 2.30. The van der Waals surface area contributed by atoms with Crippen molar-refractivity contribution < 1.29 is 5.11 Å². The second-order valence-corrected chi connectivity index (χ2v) is 5.07. The molecule has 0 bridgehead atoms. The molecule has 1 atom stereocenters. The van der Waals surface area contributed by atoms with E-state index in [4.69, 9.17) is 0 Å². The van der Waals surface area contributed by atoms with Gasteiger partial charge in [-0.1, -0.05) is 60.7 Å². The van der Waals surface area contributed by atoms with Crippen molar-refractivity contribution in [2.75, 3.05) is 6.61 Å². The predicted molar refractivity (Wildman–Crippen MR) is 74.0 cm³/mol. The number of aliphatic hydroxyl groups excluding tert-OH is 1. The van der Waals surface area contributed by atoms with Gasteiger partial charge in [-0.25, -0.2) is 0 Å². The van der Waals surface area contributed by atoms with Crippen LogP contribution in [0, 0.1) is 0 Å². The molecule has 0 fully saturated rings. The van der Waals surface area contributed by atoms with E-state index < -0.39 is 0 Å². The molecular formula is C15H16OS. The minimum atomic E-state index is 0.163. The van der Waals surface area contributed by atoms with Crippen molar-refractivity contribution in [2.45, 2.75) is 11.0 Å². The van der Waals surface area contributed by atoms with Gasteiger partial charge in [0, 0.05) is 5.75 Å². The predicted octanol–water partition coefficient (Wildman–Crippen LogP) is 3.65. The molecule has 0 amide bonds. The highest BCUT2D eigenvalue weighted by atomic mass is 32.2. The van der Waals surface area contributed by atoms with Gasteiger partial charge in [0.2, 0.25) is 0 Å². The standard InChI is InChI=1S/C15H16OS/c16-11-15(14-9-5-2-6-10-14)17-12-13-7-3-1-4-8-13/h1-10,15-16H,11-12H2. The van der Waals surface area contributed by atoms with Crippen LogP contribution in [-0.4, -0.2) is 11.7 Å². The molecule has 0 aliphatic heterocycles. The summed E-state index contributed by atoms with van der Waals surface area (Å²) in [6.07, 6.45) is 0. The molecule has 2 heteroatoms. The molecule has 0 aliphatic rings. The smallest absolute Gasteiger partial charge is 0.0591 e. The van der Waals surface area contributed by atoms with Gasteiger partial charge in [0.25, 0.3) is 0 Å². The molecule has 17 heavy (non-hydrogen) atoms. The van der Waals surface area contributed by atoms with Crippen molar-refractivity contribution in [3.63, 3.8) is 0 Å². The van der Waals surface area contributed by atoms with E-state index in [9.17, 15) is 5.11 Å². The van der Waals surface area contributed by atoms with Gasteiger partial charge >= 0.3 is 0 Å². The maximum atomic E-state index is 9.44. The van der Waals surface area contributed by atoms with E-state index in [0.717, 1.165) is 5.75 Å². The topological polar surface area (TPSA) is 20.2 Å². The Kier molecular flexibility index (Phi) is 4.65. The molecule has 1 N–H and O–H groups in total. The summed E-state index contributed by atoms with van der Waals surface area (Å²) in [7, 11) is 0. The summed E-state index contributed by atoms with van der Waals surface area (Å²) in [6, 6.07) is 20.5.